The first-order chi connectivity index (χ1) is 12.4. The topological polar surface area (TPSA) is 83.8 Å². The van der Waals surface area contributed by atoms with Crippen LogP contribution in [0.5, 0.6) is 0 Å². The lowest BCUT2D eigenvalue weighted by Crippen LogP contribution is -2.46. The minimum atomic E-state index is -0.830. The Labute approximate surface area is 152 Å². The molecule has 0 spiro atoms. The molecule has 0 unspecified atom stereocenters. The Bertz CT molecular complexity index is 913. The van der Waals surface area contributed by atoms with Gasteiger partial charge in [-0.15, -0.1) is 0 Å². The molecule has 0 atom stereocenters. The van der Waals surface area contributed by atoms with E-state index in [9.17, 15) is 14.4 Å². The lowest BCUT2D eigenvalue weighted by molar-refractivity contribution is -0.132. The fourth-order valence-corrected chi connectivity index (χ4v) is 3.64. The zero-order valence-corrected chi connectivity index (χ0v) is 15.4. The predicted molar refractivity (Wildman–Crippen MR) is 97.8 cm³/mol. The average molecular weight is 356 g/mol. The van der Waals surface area contributed by atoms with E-state index in [4.69, 9.17) is 0 Å². The number of hydrogen-bond donors (Lipinski definition) is 1. The van der Waals surface area contributed by atoms with Crippen LogP contribution in [0.25, 0.3) is 5.65 Å². The molecule has 0 saturated carbocycles. The highest BCUT2D eigenvalue weighted by Crippen LogP contribution is 2.28. The van der Waals surface area contributed by atoms with E-state index in [1.54, 1.807) is 12.3 Å². The highest BCUT2D eigenvalue weighted by Gasteiger charge is 2.49. The fraction of sp³-hybridized carbons (Fsp3) is 0.474. The third kappa shape index (κ3) is 3.09. The van der Waals surface area contributed by atoms with Crippen molar-refractivity contribution in [3.8, 4) is 0 Å². The number of carbonyl (C=O) groups is 2. The van der Waals surface area contributed by atoms with Gasteiger partial charge in [0.25, 0.3) is 11.5 Å². The number of carbonyl (C=O) groups excluding carboxylic acids is 2. The molecule has 2 aromatic heterocycles. The molecule has 138 valence electrons. The minimum Gasteiger partial charge on any atom is -0.323 e. The van der Waals surface area contributed by atoms with Gasteiger partial charge in [-0.3, -0.25) is 18.9 Å². The number of hydrogen-bond acceptors (Lipinski definition) is 4. The third-order valence-electron chi connectivity index (χ3n) is 4.78. The number of pyridine rings is 1. The molecular formula is C19H24N4O3. The van der Waals surface area contributed by atoms with Crippen LogP contribution in [0.4, 0.5) is 4.79 Å². The molecule has 7 nitrogen and oxygen atoms in total. The van der Waals surface area contributed by atoms with Crippen molar-refractivity contribution in [2.45, 2.75) is 58.5 Å². The van der Waals surface area contributed by atoms with Gasteiger partial charge in [0.15, 0.2) is 0 Å². The van der Waals surface area contributed by atoms with E-state index in [0.29, 0.717) is 24.2 Å². The van der Waals surface area contributed by atoms with Gasteiger partial charge >= 0.3 is 6.03 Å². The monoisotopic (exact) mass is 356 g/mol. The first-order valence-corrected chi connectivity index (χ1v) is 9.03. The predicted octanol–water partition coefficient (Wildman–Crippen LogP) is 2.39. The fourth-order valence-electron chi connectivity index (χ4n) is 3.64. The minimum absolute atomic E-state index is 0.000534. The van der Waals surface area contributed by atoms with Crippen molar-refractivity contribution in [2.75, 3.05) is 0 Å². The Morgan fingerprint density at radius 3 is 2.46 bits per heavy atom. The van der Waals surface area contributed by atoms with Crippen LogP contribution in [-0.4, -0.2) is 31.8 Å². The molecule has 0 radical (unpaired) electrons. The first-order valence-electron chi connectivity index (χ1n) is 9.03. The maximum atomic E-state index is 12.9. The van der Waals surface area contributed by atoms with Crippen LogP contribution in [0.15, 0.2) is 29.2 Å². The number of nitrogens with one attached hydrogen (secondary N) is 1. The normalized spacial score (nSPS) is 16.3. The summed E-state index contributed by atoms with van der Waals surface area (Å²) in [6.07, 6.45) is 4.53. The van der Waals surface area contributed by atoms with Crippen molar-refractivity contribution in [3.63, 3.8) is 0 Å². The molecule has 3 heterocycles. The van der Waals surface area contributed by atoms with Crippen LogP contribution in [0.3, 0.4) is 0 Å². The van der Waals surface area contributed by atoms with Gasteiger partial charge in [-0.2, -0.15) is 0 Å². The third-order valence-corrected chi connectivity index (χ3v) is 4.78. The van der Waals surface area contributed by atoms with E-state index in [1.165, 1.54) is 15.4 Å². The number of nitrogens with zero attached hydrogens (tertiary/aromatic N) is 3. The lowest BCUT2D eigenvalue weighted by atomic mass is 9.88. The highest BCUT2D eigenvalue weighted by molar-refractivity contribution is 6.06. The molecule has 0 aliphatic carbocycles. The van der Waals surface area contributed by atoms with Crippen LogP contribution >= 0.6 is 0 Å². The zero-order chi connectivity index (χ0) is 18.9. The Morgan fingerprint density at radius 1 is 1.12 bits per heavy atom. The number of aryl methyl sites for hydroxylation is 1. The standard InChI is InChI=1S/C19H24N4O3/c1-4-8-19(9-5-2)17(25)23(18(26)21-19)12-14-10-16(24)22-11-13(3)6-7-15(22)20-14/h6-7,10-11H,4-5,8-9,12H2,1-3H3,(H,21,26). The van der Waals surface area contributed by atoms with E-state index in [2.05, 4.69) is 10.3 Å². The second-order valence-corrected chi connectivity index (χ2v) is 6.92. The first kappa shape index (κ1) is 18.1. The quantitative estimate of drug-likeness (QED) is 0.806. The van der Waals surface area contributed by atoms with Gasteiger partial charge in [0.05, 0.1) is 12.2 Å². The van der Waals surface area contributed by atoms with E-state index in [0.717, 1.165) is 18.4 Å². The average Bonchev–Trinajstić information content (AvgIpc) is 2.81. The van der Waals surface area contributed by atoms with Gasteiger partial charge in [-0.1, -0.05) is 32.8 Å². The van der Waals surface area contributed by atoms with Crippen LogP contribution in [0, 0.1) is 6.92 Å². The van der Waals surface area contributed by atoms with E-state index < -0.39 is 11.6 Å². The molecular weight excluding hydrogens is 332 g/mol. The Kier molecular flexibility index (Phi) is 4.80. The molecule has 1 fully saturated rings. The SMILES string of the molecule is CCCC1(CCC)NC(=O)N(Cc2cc(=O)n3cc(C)ccc3n2)C1=O. The molecule has 1 aliphatic rings. The molecule has 3 rings (SSSR count). The molecule has 1 N–H and O–H groups in total. The summed E-state index contributed by atoms with van der Waals surface area (Å²) in [5, 5.41) is 2.87. The summed E-state index contributed by atoms with van der Waals surface area (Å²) < 4.78 is 1.46. The lowest BCUT2D eigenvalue weighted by Gasteiger charge is -2.25. The molecule has 0 aromatic carbocycles. The maximum Gasteiger partial charge on any atom is 0.325 e. The van der Waals surface area contributed by atoms with Gasteiger partial charge in [-0.05, 0) is 31.4 Å². The van der Waals surface area contributed by atoms with Gasteiger partial charge in [0.2, 0.25) is 0 Å². The number of urea groups is 1. The number of rotatable bonds is 6. The van der Waals surface area contributed by atoms with Gasteiger partial charge in [-0.25, -0.2) is 9.78 Å². The molecule has 0 bridgehead atoms. The van der Waals surface area contributed by atoms with Crippen molar-refractivity contribution in [2.24, 2.45) is 0 Å². The van der Waals surface area contributed by atoms with E-state index >= 15 is 0 Å². The summed E-state index contributed by atoms with van der Waals surface area (Å²) >= 11 is 0. The summed E-state index contributed by atoms with van der Waals surface area (Å²) in [5.74, 6) is -0.225. The summed E-state index contributed by atoms with van der Waals surface area (Å²) in [6, 6.07) is 4.59. The smallest absolute Gasteiger partial charge is 0.323 e. The summed E-state index contributed by atoms with van der Waals surface area (Å²) in [4.78, 5) is 43.3. The van der Waals surface area contributed by atoms with Crippen molar-refractivity contribution in [1.29, 1.82) is 0 Å². The van der Waals surface area contributed by atoms with E-state index in [1.807, 2.05) is 26.8 Å². The van der Waals surface area contributed by atoms with E-state index in [-0.39, 0.29) is 18.0 Å². The maximum absolute atomic E-state index is 12.9. The number of aromatic nitrogens is 2. The Hall–Kier alpha value is -2.70. The van der Waals surface area contributed by atoms with Gasteiger partial charge < -0.3 is 5.32 Å². The largest absolute Gasteiger partial charge is 0.325 e. The molecule has 1 aliphatic heterocycles. The van der Waals surface area contributed by atoms with Gasteiger partial charge in [0.1, 0.15) is 11.2 Å². The zero-order valence-electron chi connectivity index (χ0n) is 15.4. The molecule has 2 aromatic rings. The Morgan fingerprint density at radius 2 is 1.81 bits per heavy atom. The molecule has 1 saturated heterocycles. The molecule has 26 heavy (non-hydrogen) atoms. The van der Waals surface area contributed by atoms with Crippen LogP contribution in [0.2, 0.25) is 0 Å². The Balaban J connectivity index is 1.92. The van der Waals surface area contributed by atoms with Crippen LogP contribution in [-0.2, 0) is 11.3 Å². The summed E-state index contributed by atoms with van der Waals surface area (Å²) in [7, 11) is 0. The van der Waals surface area contributed by atoms with Gasteiger partial charge in [0, 0.05) is 12.3 Å². The van der Waals surface area contributed by atoms with Crippen molar-refractivity contribution in [1.82, 2.24) is 19.6 Å². The van der Waals surface area contributed by atoms with Crippen molar-refractivity contribution >= 4 is 17.6 Å². The summed E-state index contributed by atoms with van der Waals surface area (Å²) in [6.45, 7) is 5.88. The second-order valence-electron chi connectivity index (χ2n) is 6.92. The summed E-state index contributed by atoms with van der Waals surface area (Å²) in [5.41, 5.74) is 0.801. The number of imide groups is 1. The molecule has 3 amide bonds. The van der Waals surface area contributed by atoms with Crippen LogP contribution < -0.4 is 10.9 Å². The number of fused-ring (bicyclic) bond motifs is 1. The van der Waals surface area contributed by atoms with Crippen molar-refractivity contribution < 1.29 is 9.59 Å². The second kappa shape index (κ2) is 6.90. The highest BCUT2D eigenvalue weighted by atomic mass is 16.2. The van der Waals surface area contributed by atoms with Crippen LogP contribution in [0.1, 0.15) is 50.8 Å². The number of amides is 3. The molecule has 7 heteroatoms. The van der Waals surface area contributed by atoms with Crippen molar-refractivity contribution in [3.05, 3.63) is 46.0 Å².